The Kier molecular flexibility index (Phi) is 3.70. The minimum Gasteiger partial charge on any atom is -0.461 e. The number of aromatic nitrogens is 3. The third-order valence-electron chi connectivity index (χ3n) is 3.07. The van der Waals surface area contributed by atoms with Crippen LogP contribution in [0.2, 0.25) is 0 Å². The van der Waals surface area contributed by atoms with Crippen molar-refractivity contribution in [1.29, 1.82) is 0 Å². The molecule has 0 saturated heterocycles. The largest absolute Gasteiger partial charge is 0.461 e. The molecule has 0 spiro atoms. The molecule has 0 radical (unpaired) electrons. The molecule has 21 heavy (non-hydrogen) atoms. The Bertz CT molecular complexity index is 758. The molecule has 3 rings (SSSR count). The van der Waals surface area contributed by atoms with Gasteiger partial charge in [0, 0.05) is 4.88 Å². The lowest BCUT2D eigenvalue weighted by atomic mass is 10.3. The van der Waals surface area contributed by atoms with Gasteiger partial charge in [-0.2, -0.15) is 0 Å². The number of rotatable bonds is 4. The maximum Gasteiger partial charge on any atom is 0.358 e. The Hall–Kier alpha value is -2.21. The van der Waals surface area contributed by atoms with Gasteiger partial charge in [-0.25, -0.2) is 14.8 Å². The quantitative estimate of drug-likeness (QED) is 0.752. The van der Waals surface area contributed by atoms with Gasteiger partial charge in [0.05, 0.1) is 24.1 Å². The number of fused-ring (bicyclic) bond motifs is 1. The van der Waals surface area contributed by atoms with Crippen molar-refractivity contribution in [2.45, 2.75) is 20.3 Å². The number of nitrogens with one attached hydrogen (secondary N) is 1. The number of imidazole rings is 1. The Morgan fingerprint density at radius 1 is 1.33 bits per heavy atom. The number of para-hydroxylation sites is 2. The van der Waals surface area contributed by atoms with Gasteiger partial charge in [-0.15, -0.1) is 11.3 Å². The van der Waals surface area contributed by atoms with Crippen LogP contribution in [0.25, 0.3) is 11.0 Å². The summed E-state index contributed by atoms with van der Waals surface area (Å²) in [6.07, 6.45) is 0.583. The number of H-pyrrole nitrogens is 1. The lowest BCUT2D eigenvalue weighted by Gasteiger charge is -1.97. The first-order valence-corrected chi connectivity index (χ1v) is 7.56. The summed E-state index contributed by atoms with van der Waals surface area (Å²) in [5.74, 6) is 0.488. The highest BCUT2D eigenvalue weighted by Gasteiger charge is 2.17. The lowest BCUT2D eigenvalue weighted by Crippen LogP contribution is -2.06. The second-order valence-electron chi connectivity index (χ2n) is 4.61. The van der Waals surface area contributed by atoms with Crippen LogP contribution in [0.15, 0.2) is 24.3 Å². The van der Waals surface area contributed by atoms with Gasteiger partial charge in [-0.05, 0) is 26.0 Å². The number of aromatic amines is 1. The number of nitrogens with zero attached hydrogens (tertiary/aromatic N) is 2. The van der Waals surface area contributed by atoms with E-state index in [1.165, 1.54) is 11.3 Å². The van der Waals surface area contributed by atoms with E-state index in [0.29, 0.717) is 18.7 Å². The summed E-state index contributed by atoms with van der Waals surface area (Å²) in [5.41, 5.74) is 2.35. The van der Waals surface area contributed by atoms with Crippen LogP contribution in [0.5, 0.6) is 0 Å². The van der Waals surface area contributed by atoms with Crippen LogP contribution in [0.4, 0.5) is 0 Å². The number of carbonyl (C=O) groups excluding carboxylic acids is 1. The summed E-state index contributed by atoms with van der Waals surface area (Å²) in [6.45, 7) is 4.02. The summed E-state index contributed by atoms with van der Waals surface area (Å²) in [7, 11) is 0. The van der Waals surface area contributed by atoms with Crippen molar-refractivity contribution in [2.75, 3.05) is 6.61 Å². The zero-order chi connectivity index (χ0) is 14.8. The standard InChI is InChI=1S/C15H15N3O2S/c1-3-20-15(19)14-9(2)21-13(18-14)8-12-16-10-6-4-5-7-11(10)17-12/h4-7H,3,8H2,1-2H3,(H,16,17). The molecule has 0 saturated carbocycles. The van der Waals surface area contributed by atoms with Crippen LogP contribution in [0.1, 0.15) is 33.1 Å². The highest BCUT2D eigenvalue weighted by Crippen LogP contribution is 2.21. The molecule has 0 fully saturated rings. The van der Waals surface area contributed by atoms with Crippen molar-refractivity contribution in [3.8, 4) is 0 Å². The molecule has 0 atom stereocenters. The number of benzene rings is 1. The number of hydrogen-bond donors (Lipinski definition) is 1. The average Bonchev–Trinajstić information content (AvgIpc) is 3.02. The van der Waals surface area contributed by atoms with Crippen molar-refractivity contribution in [2.24, 2.45) is 0 Å². The Labute approximate surface area is 126 Å². The fourth-order valence-electron chi connectivity index (χ4n) is 2.15. The van der Waals surface area contributed by atoms with E-state index in [4.69, 9.17) is 4.74 Å². The van der Waals surface area contributed by atoms with Crippen LogP contribution in [0, 0.1) is 6.92 Å². The van der Waals surface area contributed by atoms with Gasteiger partial charge in [-0.1, -0.05) is 12.1 Å². The molecular weight excluding hydrogens is 286 g/mol. The Morgan fingerprint density at radius 3 is 2.90 bits per heavy atom. The molecule has 1 N–H and O–H groups in total. The van der Waals surface area contributed by atoms with E-state index in [9.17, 15) is 4.79 Å². The second-order valence-corrected chi connectivity index (χ2v) is 5.90. The van der Waals surface area contributed by atoms with Crippen molar-refractivity contribution >= 4 is 28.3 Å². The van der Waals surface area contributed by atoms with Crippen LogP contribution in [-0.2, 0) is 11.2 Å². The fraction of sp³-hybridized carbons (Fsp3) is 0.267. The minimum absolute atomic E-state index is 0.356. The molecule has 0 unspecified atom stereocenters. The van der Waals surface area contributed by atoms with Crippen molar-refractivity contribution in [3.63, 3.8) is 0 Å². The summed E-state index contributed by atoms with van der Waals surface area (Å²) in [4.78, 5) is 24.8. The zero-order valence-corrected chi connectivity index (χ0v) is 12.7. The number of ether oxygens (including phenoxy) is 1. The SMILES string of the molecule is CCOC(=O)c1nc(Cc2nc3ccccc3[nH]2)sc1C. The first kappa shape index (κ1) is 13.8. The van der Waals surface area contributed by atoms with Crippen molar-refractivity contribution < 1.29 is 9.53 Å². The molecule has 0 aliphatic rings. The van der Waals surface area contributed by atoms with Crippen molar-refractivity contribution in [3.05, 3.63) is 45.7 Å². The molecule has 2 heterocycles. The van der Waals surface area contributed by atoms with Gasteiger partial charge in [0.2, 0.25) is 0 Å². The smallest absolute Gasteiger partial charge is 0.358 e. The molecule has 5 nitrogen and oxygen atoms in total. The molecule has 3 aromatic rings. The van der Waals surface area contributed by atoms with Crippen LogP contribution in [0.3, 0.4) is 0 Å². The lowest BCUT2D eigenvalue weighted by molar-refractivity contribution is 0.0519. The third-order valence-corrected chi connectivity index (χ3v) is 4.04. The summed E-state index contributed by atoms with van der Waals surface area (Å²) in [6, 6.07) is 7.88. The van der Waals surface area contributed by atoms with E-state index in [2.05, 4.69) is 15.0 Å². The zero-order valence-electron chi connectivity index (χ0n) is 11.8. The van der Waals surface area contributed by atoms with E-state index in [-0.39, 0.29) is 5.97 Å². The van der Waals surface area contributed by atoms with E-state index in [0.717, 1.165) is 26.7 Å². The first-order valence-electron chi connectivity index (χ1n) is 6.74. The van der Waals surface area contributed by atoms with Crippen LogP contribution in [-0.4, -0.2) is 27.5 Å². The highest BCUT2D eigenvalue weighted by atomic mass is 32.1. The van der Waals surface area contributed by atoms with Gasteiger partial charge < -0.3 is 9.72 Å². The molecular formula is C15H15N3O2S. The fourth-order valence-corrected chi connectivity index (χ4v) is 3.07. The number of carbonyl (C=O) groups is 1. The molecule has 108 valence electrons. The summed E-state index contributed by atoms with van der Waals surface area (Å²) in [5, 5.41) is 0.856. The van der Waals surface area contributed by atoms with E-state index in [1.54, 1.807) is 6.92 Å². The van der Waals surface area contributed by atoms with E-state index < -0.39 is 0 Å². The molecule has 0 aliphatic carbocycles. The summed E-state index contributed by atoms with van der Waals surface area (Å²) < 4.78 is 5.00. The average molecular weight is 301 g/mol. The maximum atomic E-state index is 11.8. The predicted molar refractivity (Wildman–Crippen MR) is 81.7 cm³/mol. The summed E-state index contributed by atoms with van der Waals surface area (Å²) >= 11 is 1.50. The van der Waals surface area contributed by atoms with E-state index >= 15 is 0 Å². The Balaban J connectivity index is 1.84. The predicted octanol–water partition coefficient (Wildman–Crippen LogP) is 3.10. The normalized spacial score (nSPS) is 11.0. The number of thiazole rings is 1. The molecule has 6 heteroatoms. The Morgan fingerprint density at radius 2 is 2.14 bits per heavy atom. The highest BCUT2D eigenvalue weighted by molar-refractivity contribution is 7.11. The topological polar surface area (TPSA) is 67.9 Å². The van der Waals surface area contributed by atoms with Crippen LogP contribution < -0.4 is 0 Å². The number of aryl methyl sites for hydroxylation is 1. The van der Waals surface area contributed by atoms with Gasteiger partial charge >= 0.3 is 5.97 Å². The number of esters is 1. The van der Waals surface area contributed by atoms with Crippen molar-refractivity contribution in [1.82, 2.24) is 15.0 Å². The maximum absolute atomic E-state index is 11.8. The monoisotopic (exact) mass is 301 g/mol. The van der Waals surface area contributed by atoms with Gasteiger partial charge in [0.25, 0.3) is 0 Å². The van der Waals surface area contributed by atoms with Gasteiger partial charge in [-0.3, -0.25) is 0 Å². The van der Waals surface area contributed by atoms with E-state index in [1.807, 2.05) is 31.2 Å². The van der Waals surface area contributed by atoms with Crippen LogP contribution >= 0.6 is 11.3 Å². The van der Waals surface area contributed by atoms with Gasteiger partial charge in [0.15, 0.2) is 5.69 Å². The molecule has 0 aliphatic heterocycles. The van der Waals surface area contributed by atoms with Gasteiger partial charge in [0.1, 0.15) is 10.8 Å². The second kappa shape index (κ2) is 5.65. The molecule has 0 bridgehead atoms. The minimum atomic E-state index is -0.359. The molecule has 0 amide bonds. The first-order chi connectivity index (χ1) is 10.2. The molecule has 2 aromatic heterocycles. The third kappa shape index (κ3) is 2.80. The number of hydrogen-bond acceptors (Lipinski definition) is 5. The molecule has 1 aromatic carbocycles.